The molecule has 0 fully saturated rings. The lowest BCUT2D eigenvalue weighted by Crippen LogP contribution is -2.26. The van der Waals surface area contributed by atoms with Gasteiger partial charge < -0.3 is 10.3 Å². The summed E-state index contributed by atoms with van der Waals surface area (Å²) < 4.78 is 13.0. The van der Waals surface area contributed by atoms with Crippen molar-refractivity contribution in [2.75, 3.05) is 6.54 Å². The Bertz CT molecular complexity index is 751. The molecular formula is C15H13FN4O. The second kappa shape index (κ2) is 5.70. The maximum absolute atomic E-state index is 13.0. The Balaban J connectivity index is 1.59. The van der Waals surface area contributed by atoms with Crippen molar-refractivity contribution >= 4 is 16.9 Å². The number of hydrogen-bond donors (Lipinski definition) is 2. The lowest BCUT2D eigenvalue weighted by molar-refractivity contribution is 0.0953. The molecule has 0 aliphatic rings. The Labute approximate surface area is 120 Å². The molecule has 106 valence electrons. The molecule has 0 aliphatic carbocycles. The predicted octanol–water partition coefficient (Wildman–Crippen LogP) is 2.07. The number of benzene rings is 1. The quantitative estimate of drug-likeness (QED) is 0.770. The van der Waals surface area contributed by atoms with Crippen LogP contribution in [0.15, 0.2) is 42.7 Å². The van der Waals surface area contributed by atoms with E-state index >= 15 is 0 Å². The zero-order valence-corrected chi connectivity index (χ0v) is 11.1. The highest BCUT2D eigenvalue weighted by atomic mass is 19.1. The first-order valence-corrected chi connectivity index (χ1v) is 6.55. The van der Waals surface area contributed by atoms with Crippen LogP contribution in [0.1, 0.15) is 16.2 Å². The summed E-state index contributed by atoms with van der Waals surface area (Å²) in [4.78, 5) is 23.1. The molecule has 0 atom stereocenters. The molecule has 0 aliphatic heterocycles. The fraction of sp³-hybridized carbons (Fsp3) is 0.133. The zero-order valence-electron chi connectivity index (χ0n) is 11.1. The molecule has 5 nitrogen and oxygen atoms in total. The van der Waals surface area contributed by atoms with Crippen LogP contribution in [0.25, 0.3) is 11.0 Å². The van der Waals surface area contributed by atoms with Gasteiger partial charge in [-0.25, -0.2) is 9.37 Å². The molecule has 2 aromatic heterocycles. The zero-order chi connectivity index (χ0) is 14.7. The first-order valence-electron chi connectivity index (χ1n) is 6.55. The van der Waals surface area contributed by atoms with Gasteiger partial charge in [-0.3, -0.25) is 9.78 Å². The summed E-state index contributed by atoms with van der Waals surface area (Å²) in [5.41, 5.74) is 2.07. The van der Waals surface area contributed by atoms with Gasteiger partial charge in [-0.2, -0.15) is 0 Å². The normalized spacial score (nSPS) is 10.7. The summed E-state index contributed by atoms with van der Waals surface area (Å²) in [5, 5.41) is 2.71. The molecular weight excluding hydrogens is 271 g/mol. The van der Waals surface area contributed by atoms with E-state index in [1.807, 2.05) is 24.3 Å². The van der Waals surface area contributed by atoms with Gasteiger partial charge in [0.05, 0.1) is 22.8 Å². The number of hydrogen-bond acceptors (Lipinski definition) is 3. The summed E-state index contributed by atoms with van der Waals surface area (Å²) in [7, 11) is 0. The van der Waals surface area contributed by atoms with Crippen LogP contribution in [0, 0.1) is 5.82 Å². The number of para-hydroxylation sites is 2. The summed E-state index contributed by atoms with van der Waals surface area (Å²) in [6.45, 7) is 0.412. The van der Waals surface area contributed by atoms with E-state index in [0.29, 0.717) is 13.0 Å². The Morgan fingerprint density at radius 1 is 1.29 bits per heavy atom. The van der Waals surface area contributed by atoms with Crippen LogP contribution < -0.4 is 5.32 Å². The van der Waals surface area contributed by atoms with Gasteiger partial charge in [-0.15, -0.1) is 0 Å². The summed E-state index contributed by atoms with van der Waals surface area (Å²) >= 11 is 0. The van der Waals surface area contributed by atoms with E-state index in [-0.39, 0.29) is 11.5 Å². The van der Waals surface area contributed by atoms with Crippen molar-refractivity contribution in [2.24, 2.45) is 0 Å². The monoisotopic (exact) mass is 284 g/mol. The number of fused-ring (bicyclic) bond motifs is 1. The third kappa shape index (κ3) is 3.05. The second-order valence-electron chi connectivity index (χ2n) is 4.60. The smallest absolute Gasteiger partial charge is 0.252 e. The Morgan fingerprint density at radius 2 is 2.14 bits per heavy atom. The lowest BCUT2D eigenvalue weighted by atomic mass is 10.2. The number of aromatic nitrogens is 3. The molecule has 6 heteroatoms. The Kier molecular flexibility index (Phi) is 3.59. The van der Waals surface area contributed by atoms with Crippen LogP contribution in [-0.2, 0) is 6.42 Å². The van der Waals surface area contributed by atoms with Gasteiger partial charge >= 0.3 is 0 Å². The molecule has 3 rings (SSSR count). The fourth-order valence-corrected chi connectivity index (χ4v) is 2.06. The average Bonchev–Trinajstić information content (AvgIpc) is 2.89. The van der Waals surface area contributed by atoms with Gasteiger partial charge in [0.25, 0.3) is 5.91 Å². The van der Waals surface area contributed by atoms with Gasteiger partial charge in [-0.05, 0) is 18.2 Å². The summed E-state index contributed by atoms with van der Waals surface area (Å²) in [5.74, 6) is -0.0769. The van der Waals surface area contributed by atoms with Gasteiger partial charge in [0.2, 0.25) is 0 Å². The first kappa shape index (κ1) is 13.2. The van der Waals surface area contributed by atoms with E-state index in [2.05, 4.69) is 20.3 Å². The van der Waals surface area contributed by atoms with Crippen LogP contribution in [-0.4, -0.2) is 27.4 Å². The molecule has 1 aromatic carbocycles. The third-order valence-electron chi connectivity index (χ3n) is 3.05. The number of nitrogens with zero attached hydrogens (tertiary/aromatic N) is 2. The minimum Gasteiger partial charge on any atom is -0.352 e. The largest absolute Gasteiger partial charge is 0.352 e. The van der Waals surface area contributed by atoms with E-state index in [9.17, 15) is 9.18 Å². The highest BCUT2D eigenvalue weighted by Gasteiger charge is 2.07. The first-order chi connectivity index (χ1) is 10.2. The number of imidazole rings is 1. The molecule has 0 saturated carbocycles. The number of aromatic amines is 1. The molecule has 3 aromatic rings. The van der Waals surface area contributed by atoms with Gasteiger partial charge in [0.1, 0.15) is 11.6 Å². The fourth-order valence-electron chi connectivity index (χ4n) is 2.06. The molecule has 0 bridgehead atoms. The van der Waals surface area contributed by atoms with Crippen molar-refractivity contribution in [3.63, 3.8) is 0 Å². The van der Waals surface area contributed by atoms with Crippen LogP contribution in [0.3, 0.4) is 0 Å². The van der Waals surface area contributed by atoms with Gasteiger partial charge in [0.15, 0.2) is 0 Å². The molecule has 0 saturated heterocycles. The molecule has 0 unspecified atom stereocenters. The highest BCUT2D eigenvalue weighted by Crippen LogP contribution is 2.10. The second-order valence-corrected chi connectivity index (χ2v) is 4.60. The van der Waals surface area contributed by atoms with E-state index in [4.69, 9.17) is 0 Å². The van der Waals surface area contributed by atoms with Crippen LogP contribution in [0.4, 0.5) is 4.39 Å². The number of rotatable bonds is 4. The molecule has 0 spiro atoms. The molecule has 2 N–H and O–H groups in total. The van der Waals surface area contributed by atoms with Crippen LogP contribution >= 0.6 is 0 Å². The SMILES string of the molecule is O=C(NCCc1nc2ccccc2[nH]1)c1cncc(F)c1. The van der Waals surface area contributed by atoms with Crippen molar-refractivity contribution in [3.05, 3.63) is 59.9 Å². The topological polar surface area (TPSA) is 70.7 Å². The van der Waals surface area contributed by atoms with Gasteiger partial charge in [-0.1, -0.05) is 12.1 Å². The number of H-pyrrole nitrogens is 1. The van der Waals surface area contributed by atoms with E-state index < -0.39 is 5.82 Å². The van der Waals surface area contributed by atoms with Crippen molar-refractivity contribution in [1.29, 1.82) is 0 Å². The maximum Gasteiger partial charge on any atom is 0.252 e. The van der Waals surface area contributed by atoms with Crippen molar-refractivity contribution in [1.82, 2.24) is 20.3 Å². The van der Waals surface area contributed by atoms with Crippen molar-refractivity contribution < 1.29 is 9.18 Å². The third-order valence-corrected chi connectivity index (χ3v) is 3.05. The minimum absolute atomic E-state index is 0.208. The molecule has 1 amide bonds. The number of halogens is 1. The van der Waals surface area contributed by atoms with E-state index in [0.717, 1.165) is 29.1 Å². The highest BCUT2D eigenvalue weighted by molar-refractivity contribution is 5.93. The molecule has 0 radical (unpaired) electrons. The number of carbonyl (C=O) groups is 1. The number of nitrogens with one attached hydrogen (secondary N) is 2. The minimum atomic E-state index is -0.528. The van der Waals surface area contributed by atoms with Crippen LogP contribution in [0.5, 0.6) is 0 Å². The Hall–Kier alpha value is -2.76. The van der Waals surface area contributed by atoms with Crippen molar-refractivity contribution in [2.45, 2.75) is 6.42 Å². The lowest BCUT2D eigenvalue weighted by Gasteiger charge is -2.03. The molecule has 21 heavy (non-hydrogen) atoms. The Morgan fingerprint density at radius 3 is 2.95 bits per heavy atom. The number of pyridine rings is 1. The number of carbonyl (C=O) groups excluding carboxylic acids is 1. The van der Waals surface area contributed by atoms with E-state index in [1.54, 1.807) is 0 Å². The standard InChI is InChI=1S/C15H13FN4O/c16-11-7-10(8-17-9-11)15(21)18-6-5-14-19-12-3-1-2-4-13(12)20-14/h1-4,7-9H,5-6H2,(H,18,21)(H,19,20). The average molecular weight is 284 g/mol. The summed E-state index contributed by atoms with van der Waals surface area (Å²) in [6.07, 6.45) is 2.97. The maximum atomic E-state index is 13.0. The van der Waals surface area contributed by atoms with E-state index in [1.165, 1.54) is 6.20 Å². The van der Waals surface area contributed by atoms with Crippen molar-refractivity contribution in [3.8, 4) is 0 Å². The van der Waals surface area contributed by atoms with Gasteiger partial charge in [0, 0.05) is 19.2 Å². The summed E-state index contributed by atoms with van der Waals surface area (Å²) in [6, 6.07) is 8.88. The molecule has 2 heterocycles. The van der Waals surface area contributed by atoms with Crippen LogP contribution in [0.2, 0.25) is 0 Å². The predicted molar refractivity (Wildman–Crippen MR) is 76.3 cm³/mol. The number of amides is 1.